The van der Waals surface area contributed by atoms with E-state index in [2.05, 4.69) is 33.0 Å². The van der Waals surface area contributed by atoms with Crippen LogP contribution in [0.5, 0.6) is 0 Å². The average Bonchev–Trinajstić information content (AvgIpc) is 3.20. The van der Waals surface area contributed by atoms with Crippen molar-refractivity contribution in [3.05, 3.63) is 0 Å². The van der Waals surface area contributed by atoms with Crippen LogP contribution in [-0.4, -0.2) is 34.3 Å². The highest BCUT2D eigenvalue weighted by Gasteiger charge is 2.57. The number of carbonyl (C=O) groups is 2. The summed E-state index contributed by atoms with van der Waals surface area (Å²) >= 11 is 0. The molecule has 1 saturated carbocycles. The van der Waals surface area contributed by atoms with Gasteiger partial charge >= 0.3 is 0 Å². The number of amides is 2. The van der Waals surface area contributed by atoms with Gasteiger partial charge in [-0.25, -0.2) is 0 Å². The zero-order valence-electron chi connectivity index (χ0n) is 14.1. The number of rotatable bonds is 6. The molecular formula is C17H30N2O2. The Bertz CT molecular complexity index is 417. The number of nitrogens with one attached hydrogen (secondary N) is 1. The van der Waals surface area contributed by atoms with Crippen molar-refractivity contribution in [3.63, 3.8) is 0 Å². The largest absolute Gasteiger partial charge is 0.342 e. The van der Waals surface area contributed by atoms with Crippen LogP contribution < -0.4 is 5.32 Å². The van der Waals surface area contributed by atoms with E-state index in [0.717, 1.165) is 32.1 Å². The molecule has 2 rings (SSSR count). The van der Waals surface area contributed by atoms with Crippen LogP contribution in [-0.2, 0) is 9.59 Å². The molecule has 0 bridgehead atoms. The van der Waals surface area contributed by atoms with Crippen LogP contribution in [0.1, 0.15) is 66.7 Å². The second-order valence-electron chi connectivity index (χ2n) is 7.42. The fraction of sp³-hybridized carbons (Fsp3) is 0.882. The molecule has 1 aliphatic heterocycles. The van der Waals surface area contributed by atoms with E-state index in [1.54, 1.807) is 0 Å². The summed E-state index contributed by atoms with van der Waals surface area (Å²) in [5.74, 6) is 0.908. The van der Waals surface area contributed by atoms with Gasteiger partial charge in [0.1, 0.15) is 11.6 Å². The number of nitrogens with zero attached hydrogens (tertiary/aromatic N) is 1. The highest BCUT2D eigenvalue weighted by atomic mass is 16.2. The van der Waals surface area contributed by atoms with Crippen molar-refractivity contribution in [2.75, 3.05) is 0 Å². The Morgan fingerprint density at radius 2 is 1.90 bits per heavy atom. The van der Waals surface area contributed by atoms with Gasteiger partial charge in [0, 0.05) is 6.04 Å². The van der Waals surface area contributed by atoms with Crippen molar-refractivity contribution >= 4 is 11.8 Å². The highest BCUT2D eigenvalue weighted by molar-refractivity contribution is 6.00. The lowest BCUT2D eigenvalue weighted by molar-refractivity contribution is -0.162. The van der Waals surface area contributed by atoms with Crippen molar-refractivity contribution in [2.24, 2.45) is 11.8 Å². The third-order valence-electron chi connectivity index (χ3n) is 5.03. The number of piperazine rings is 1. The van der Waals surface area contributed by atoms with E-state index in [-0.39, 0.29) is 23.9 Å². The molecule has 2 fully saturated rings. The molecule has 1 N–H and O–H groups in total. The van der Waals surface area contributed by atoms with Crippen molar-refractivity contribution in [3.8, 4) is 0 Å². The van der Waals surface area contributed by atoms with Crippen molar-refractivity contribution in [2.45, 2.75) is 84.3 Å². The molecule has 2 aliphatic rings. The van der Waals surface area contributed by atoms with E-state index in [1.807, 2.05) is 11.8 Å². The Hall–Kier alpha value is -1.06. The summed E-state index contributed by atoms with van der Waals surface area (Å²) in [6, 6.07) is -0.211. The molecule has 0 spiro atoms. The van der Waals surface area contributed by atoms with Crippen molar-refractivity contribution in [1.29, 1.82) is 0 Å². The molecule has 2 amide bonds. The van der Waals surface area contributed by atoms with Crippen LogP contribution in [0.2, 0.25) is 0 Å². The summed E-state index contributed by atoms with van der Waals surface area (Å²) in [6.45, 7) is 10.4. The van der Waals surface area contributed by atoms with Crippen LogP contribution in [0, 0.1) is 11.8 Å². The molecule has 1 saturated heterocycles. The summed E-state index contributed by atoms with van der Waals surface area (Å²) in [5, 5.41) is 3.01. The van der Waals surface area contributed by atoms with Gasteiger partial charge in [-0.15, -0.1) is 0 Å². The lowest BCUT2D eigenvalue weighted by atomic mass is 9.84. The maximum Gasteiger partial charge on any atom is 0.246 e. The number of hydrogen-bond acceptors (Lipinski definition) is 2. The first kappa shape index (κ1) is 16.3. The van der Waals surface area contributed by atoms with Gasteiger partial charge in [-0.1, -0.05) is 27.2 Å². The third kappa shape index (κ3) is 2.95. The molecule has 3 unspecified atom stereocenters. The molecule has 1 aliphatic carbocycles. The molecular weight excluding hydrogens is 264 g/mol. The standard InChI is InChI=1S/C17H30N2O2/c1-6-7-12(4)19-15(20)14(10-11(2)3)18-16(21)17(19,5)13-8-9-13/h11-14H,6-10H2,1-5H3,(H,18,21). The van der Waals surface area contributed by atoms with Gasteiger partial charge in [0.15, 0.2) is 0 Å². The molecule has 120 valence electrons. The summed E-state index contributed by atoms with van der Waals surface area (Å²) in [5.41, 5.74) is -0.640. The normalized spacial score (nSPS) is 31.5. The second kappa shape index (κ2) is 5.98. The van der Waals surface area contributed by atoms with Crippen LogP contribution in [0.25, 0.3) is 0 Å². The lowest BCUT2D eigenvalue weighted by Crippen LogP contribution is -2.72. The van der Waals surface area contributed by atoms with Gasteiger partial charge in [0.05, 0.1) is 0 Å². The molecule has 0 aromatic rings. The van der Waals surface area contributed by atoms with Gasteiger partial charge in [-0.3, -0.25) is 9.59 Å². The first-order chi connectivity index (χ1) is 9.82. The van der Waals surface area contributed by atoms with E-state index < -0.39 is 5.54 Å². The van der Waals surface area contributed by atoms with E-state index in [0.29, 0.717) is 11.8 Å². The van der Waals surface area contributed by atoms with E-state index in [4.69, 9.17) is 0 Å². The summed E-state index contributed by atoms with van der Waals surface area (Å²) in [6.07, 6.45) is 4.82. The number of carbonyl (C=O) groups excluding carboxylic acids is 2. The van der Waals surface area contributed by atoms with Crippen LogP contribution in [0.3, 0.4) is 0 Å². The lowest BCUT2D eigenvalue weighted by Gasteiger charge is -2.50. The van der Waals surface area contributed by atoms with Gasteiger partial charge in [-0.05, 0) is 51.4 Å². The number of hydrogen-bond donors (Lipinski definition) is 1. The Labute approximate surface area is 128 Å². The SMILES string of the molecule is CCCC(C)N1C(=O)C(CC(C)C)NC(=O)C1(C)C1CC1. The molecule has 1 heterocycles. The van der Waals surface area contributed by atoms with E-state index in [9.17, 15) is 9.59 Å². The van der Waals surface area contributed by atoms with Crippen molar-refractivity contribution < 1.29 is 9.59 Å². The fourth-order valence-corrected chi connectivity index (χ4v) is 3.75. The highest BCUT2D eigenvalue weighted by Crippen LogP contribution is 2.46. The molecule has 0 aromatic carbocycles. The average molecular weight is 294 g/mol. The molecule has 21 heavy (non-hydrogen) atoms. The van der Waals surface area contributed by atoms with Crippen LogP contribution in [0.15, 0.2) is 0 Å². The van der Waals surface area contributed by atoms with E-state index in [1.165, 1.54) is 0 Å². The van der Waals surface area contributed by atoms with Gasteiger partial charge in [0.2, 0.25) is 11.8 Å². The Balaban J connectivity index is 2.30. The molecule has 0 radical (unpaired) electrons. The summed E-state index contributed by atoms with van der Waals surface area (Å²) in [7, 11) is 0. The van der Waals surface area contributed by atoms with Gasteiger partial charge in [-0.2, -0.15) is 0 Å². The molecule has 3 atom stereocenters. The fourth-order valence-electron chi connectivity index (χ4n) is 3.75. The quantitative estimate of drug-likeness (QED) is 0.819. The zero-order chi connectivity index (χ0) is 15.8. The first-order valence-corrected chi connectivity index (χ1v) is 8.46. The minimum atomic E-state index is -0.640. The summed E-state index contributed by atoms with van der Waals surface area (Å²) < 4.78 is 0. The minimum absolute atomic E-state index is 0.0539. The Morgan fingerprint density at radius 3 is 2.38 bits per heavy atom. The molecule has 4 nitrogen and oxygen atoms in total. The maximum atomic E-state index is 13.0. The Morgan fingerprint density at radius 1 is 1.29 bits per heavy atom. The molecule has 0 aromatic heterocycles. The second-order valence-corrected chi connectivity index (χ2v) is 7.42. The Kier molecular flexibility index (Phi) is 4.64. The minimum Gasteiger partial charge on any atom is -0.342 e. The zero-order valence-corrected chi connectivity index (χ0v) is 14.1. The van der Waals surface area contributed by atoms with Gasteiger partial charge in [0.25, 0.3) is 0 Å². The predicted octanol–water partition coefficient (Wildman–Crippen LogP) is 2.72. The van der Waals surface area contributed by atoms with Crippen LogP contribution in [0.4, 0.5) is 0 Å². The van der Waals surface area contributed by atoms with Gasteiger partial charge < -0.3 is 10.2 Å². The predicted molar refractivity (Wildman–Crippen MR) is 83.7 cm³/mol. The smallest absolute Gasteiger partial charge is 0.246 e. The first-order valence-electron chi connectivity index (χ1n) is 8.46. The summed E-state index contributed by atoms with van der Waals surface area (Å²) in [4.78, 5) is 27.7. The molecule has 4 heteroatoms. The topological polar surface area (TPSA) is 49.4 Å². The maximum absolute atomic E-state index is 13.0. The third-order valence-corrected chi connectivity index (χ3v) is 5.03. The van der Waals surface area contributed by atoms with Crippen molar-refractivity contribution in [1.82, 2.24) is 10.2 Å². The van der Waals surface area contributed by atoms with Crippen LogP contribution >= 0.6 is 0 Å². The monoisotopic (exact) mass is 294 g/mol. The van der Waals surface area contributed by atoms with E-state index >= 15 is 0 Å².